The quantitative estimate of drug-likeness (QED) is 0.581. The Morgan fingerprint density at radius 2 is 1.97 bits per heavy atom. The minimum absolute atomic E-state index is 0.0197. The van der Waals surface area contributed by atoms with Gasteiger partial charge in [0.2, 0.25) is 0 Å². The number of fused-ring (bicyclic) bond motifs is 1. The van der Waals surface area contributed by atoms with E-state index in [2.05, 4.69) is 14.6 Å². The molecule has 2 aromatic rings. The zero-order chi connectivity index (χ0) is 21.6. The molecule has 2 amide bonds. The molecule has 2 aliphatic rings. The van der Waals surface area contributed by atoms with Crippen molar-refractivity contribution in [1.29, 1.82) is 0 Å². The normalized spacial score (nSPS) is 20.3. The van der Waals surface area contributed by atoms with E-state index in [0.717, 1.165) is 5.69 Å². The lowest BCUT2D eigenvalue weighted by molar-refractivity contribution is 0.140. The first-order valence-corrected chi connectivity index (χ1v) is 11.2. The fraction of sp³-hybridized carbons (Fsp3) is 0.579. The third-order valence-electron chi connectivity index (χ3n) is 5.51. The van der Waals surface area contributed by atoms with E-state index in [0.29, 0.717) is 55.3 Å². The Morgan fingerprint density at radius 3 is 2.53 bits per heavy atom. The number of urea groups is 1. The van der Waals surface area contributed by atoms with Crippen molar-refractivity contribution in [1.82, 2.24) is 23.9 Å². The number of aliphatic hydroxyl groups is 2. The summed E-state index contributed by atoms with van der Waals surface area (Å²) in [5, 5.41) is 20.2. The van der Waals surface area contributed by atoms with Crippen molar-refractivity contribution in [3.8, 4) is 0 Å². The summed E-state index contributed by atoms with van der Waals surface area (Å²) in [6.45, 7) is 4.01. The number of imidazole rings is 1. The number of anilines is 1. The van der Waals surface area contributed by atoms with Crippen LogP contribution in [0.15, 0.2) is 23.4 Å². The maximum atomic E-state index is 12.9. The Hall–Kier alpha value is -2.21. The standard InChI is InChI=1S/C19H28N6O4S/c1-13(26)16-11-20-17-15(23-6-8-24(9-7-23)18(27)22(2)3)10-14(12-25(16)17)30(29)21-19(28)4-5-19/h10-13,21,26,28H,4-9H2,1-3H3. The van der Waals surface area contributed by atoms with Crippen molar-refractivity contribution >= 4 is 28.4 Å². The highest BCUT2D eigenvalue weighted by molar-refractivity contribution is 7.83. The molecular weight excluding hydrogens is 408 g/mol. The summed E-state index contributed by atoms with van der Waals surface area (Å²) in [6.07, 6.45) is 3.70. The average Bonchev–Trinajstić information content (AvgIpc) is 3.27. The van der Waals surface area contributed by atoms with Gasteiger partial charge in [-0.1, -0.05) is 0 Å². The Morgan fingerprint density at radius 1 is 1.30 bits per heavy atom. The fourth-order valence-electron chi connectivity index (χ4n) is 3.58. The molecule has 0 aromatic carbocycles. The van der Waals surface area contributed by atoms with Gasteiger partial charge in [-0.05, 0) is 25.8 Å². The van der Waals surface area contributed by atoms with E-state index in [1.807, 2.05) is 6.07 Å². The van der Waals surface area contributed by atoms with E-state index in [4.69, 9.17) is 0 Å². The molecule has 3 N–H and O–H groups in total. The van der Waals surface area contributed by atoms with Crippen molar-refractivity contribution in [2.45, 2.75) is 36.5 Å². The fourth-order valence-corrected chi connectivity index (χ4v) is 4.67. The topological polar surface area (TPSA) is 114 Å². The Balaban J connectivity index is 1.66. The van der Waals surface area contributed by atoms with Gasteiger partial charge in [0.15, 0.2) is 5.65 Å². The molecule has 1 saturated heterocycles. The molecule has 4 rings (SSSR count). The second kappa shape index (κ2) is 7.80. The van der Waals surface area contributed by atoms with Crippen molar-refractivity contribution < 1.29 is 19.2 Å². The zero-order valence-electron chi connectivity index (χ0n) is 17.4. The van der Waals surface area contributed by atoms with Gasteiger partial charge in [-0.3, -0.25) is 4.40 Å². The first-order valence-electron chi connectivity index (χ1n) is 10.0. The third-order valence-corrected chi connectivity index (χ3v) is 6.73. The highest BCUT2D eigenvalue weighted by Gasteiger charge is 2.42. The minimum Gasteiger partial charge on any atom is -0.387 e. The highest BCUT2D eigenvalue weighted by Crippen LogP contribution is 2.34. The molecule has 1 aliphatic heterocycles. The van der Waals surface area contributed by atoms with E-state index in [9.17, 15) is 19.2 Å². The van der Waals surface area contributed by atoms with Gasteiger partial charge in [0, 0.05) is 46.5 Å². The number of rotatable bonds is 5. The van der Waals surface area contributed by atoms with E-state index in [1.165, 1.54) is 0 Å². The molecule has 30 heavy (non-hydrogen) atoms. The number of carbonyl (C=O) groups excluding carboxylic acids is 1. The number of nitrogens with one attached hydrogen (secondary N) is 1. The summed E-state index contributed by atoms with van der Waals surface area (Å²) >= 11 is 0. The number of hydrogen-bond donors (Lipinski definition) is 3. The molecule has 0 bridgehead atoms. The van der Waals surface area contributed by atoms with Gasteiger partial charge in [0.1, 0.15) is 16.7 Å². The Kier molecular flexibility index (Phi) is 5.47. The van der Waals surface area contributed by atoms with Crippen LogP contribution in [0.25, 0.3) is 5.65 Å². The lowest BCUT2D eigenvalue weighted by Gasteiger charge is -2.37. The predicted molar refractivity (Wildman–Crippen MR) is 112 cm³/mol. The van der Waals surface area contributed by atoms with Crippen LogP contribution in [0, 0.1) is 0 Å². The molecule has 2 fully saturated rings. The first-order chi connectivity index (χ1) is 14.2. The van der Waals surface area contributed by atoms with Gasteiger partial charge in [-0.2, -0.15) is 0 Å². The molecule has 2 aromatic heterocycles. The number of pyridine rings is 1. The van der Waals surface area contributed by atoms with Crippen LogP contribution in [0.1, 0.15) is 31.6 Å². The summed E-state index contributed by atoms with van der Waals surface area (Å²) in [6, 6.07) is 1.79. The summed E-state index contributed by atoms with van der Waals surface area (Å²) < 4.78 is 17.4. The van der Waals surface area contributed by atoms with E-state index in [-0.39, 0.29) is 6.03 Å². The SMILES string of the molecule is CC(O)c1cnc2c(N3CCN(C(=O)N(C)C)CC3)cc(S(=O)NC3(O)CC3)cn12. The van der Waals surface area contributed by atoms with Crippen molar-refractivity contribution in [3.63, 3.8) is 0 Å². The number of aromatic nitrogens is 2. The van der Waals surface area contributed by atoms with Crippen molar-refractivity contribution in [2.24, 2.45) is 0 Å². The lowest BCUT2D eigenvalue weighted by atomic mass is 10.2. The molecule has 1 saturated carbocycles. The largest absolute Gasteiger partial charge is 0.387 e. The molecule has 11 heteroatoms. The Labute approximate surface area is 177 Å². The first kappa shape index (κ1) is 21.0. The molecule has 10 nitrogen and oxygen atoms in total. The van der Waals surface area contributed by atoms with Crippen LogP contribution in [0.5, 0.6) is 0 Å². The van der Waals surface area contributed by atoms with Crippen LogP contribution in [0.2, 0.25) is 0 Å². The van der Waals surface area contributed by atoms with E-state index < -0.39 is 22.8 Å². The maximum Gasteiger partial charge on any atom is 0.319 e. The zero-order valence-corrected chi connectivity index (χ0v) is 18.2. The van der Waals surface area contributed by atoms with E-state index in [1.54, 1.807) is 47.6 Å². The number of nitrogens with zero attached hydrogens (tertiary/aromatic N) is 5. The van der Waals surface area contributed by atoms with Crippen LogP contribution in [-0.4, -0.2) is 85.6 Å². The highest BCUT2D eigenvalue weighted by atomic mass is 32.2. The molecular formula is C19H28N6O4S. The van der Waals surface area contributed by atoms with Gasteiger partial charge in [-0.25, -0.2) is 18.7 Å². The smallest absolute Gasteiger partial charge is 0.319 e. The summed E-state index contributed by atoms with van der Waals surface area (Å²) in [4.78, 5) is 22.7. The molecule has 1 aliphatic carbocycles. The van der Waals surface area contributed by atoms with Gasteiger partial charge in [0.25, 0.3) is 0 Å². The maximum absolute atomic E-state index is 12.9. The van der Waals surface area contributed by atoms with E-state index >= 15 is 0 Å². The second-order valence-electron chi connectivity index (χ2n) is 8.17. The van der Waals surface area contributed by atoms with Gasteiger partial charge >= 0.3 is 6.03 Å². The Bertz CT molecular complexity index is 979. The molecule has 0 radical (unpaired) electrons. The molecule has 2 unspecified atom stereocenters. The number of carbonyl (C=O) groups is 1. The number of piperazine rings is 1. The van der Waals surface area contributed by atoms with Crippen LogP contribution in [0.3, 0.4) is 0 Å². The average molecular weight is 437 g/mol. The summed E-state index contributed by atoms with van der Waals surface area (Å²) in [5.74, 6) is 0. The van der Waals surface area contributed by atoms with Crippen LogP contribution < -0.4 is 9.62 Å². The van der Waals surface area contributed by atoms with Crippen LogP contribution in [-0.2, 0) is 11.0 Å². The number of amides is 2. The van der Waals surface area contributed by atoms with Crippen LogP contribution >= 0.6 is 0 Å². The monoisotopic (exact) mass is 436 g/mol. The van der Waals surface area contributed by atoms with Gasteiger partial charge in [0.05, 0.1) is 28.6 Å². The molecule has 0 spiro atoms. The van der Waals surface area contributed by atoms with Gasteiger partial charge in [-0.15, -0.1) is 0 Å². The molecule has 3 heterocycles. The summed E-state index contributed by atoms with van der Waals surface area (Å²) in [5.41, 5.74) is 0.968. The molecule has 2 atom stereocenters. The summed E-state index contributed by atoms with van der Waals surface area (Å²) in [7, 11) is 1.86. The number of hydrogen-bond acceptors (Lipinski definition) is 6. The third kappa shape index (κ3) is 4.02. The van der Waals surface area contributed by atoms with Gasteiger partial charge < -0.3 is 24.9 Å². The minimum atomic E-state index is -1.62. The second-order valence-corrected chi connectivity index (χ2v) is 9.38. The lowest BCUT2D eigenvalue weighted by Crippen LogP contribution is -2.51. The predicted octanol–water partition coefficient (Wildman–Crippen LogP) is 0.286. The van der Waals surface area contributed by atoms with Crippen molar-refractivity contribution in [2.75, 3.05) is 45.2 Å². The van der Waals surface area contributed by atoms with Crippen molar-refractivity contribution in [3.05, 3.63) is 24.2 Å². The molecule has 164 valence electrons. The number of aliphatic hydroxyl groups excluding tert-OH is 1. The van der Waals surface area contributed by atoms with Crippen LogP contribution in [0.4, 0.5) is 10.5 Å².